The maximum atomic E-state index is 3.65. The third-order valence-corrected chi connectivity index (χ3v) is 4.90. The van der Waals surface area contributed by atoms with Gasteiger partial charge in [-0.3, -0.25) is 0 Å². The van der Waals surface area contributed by atoms with Crippen molar-refractivity contribution in [1.82, 2.24) is 10.2 Å². The van der Waals surface area contributed by atoms with E-state index in [1.807, 2.05) is 0 Å². The summed E-state index contributed by atoms with van der Waals surface area (Å²) in [6.45, 7) is 11.8. The largest absolute Gasteiger partial charge is 0.313 e. The minimum absolute atomic E-state index is 0.723. The summed E-state index contributed by atoms with van der Waals surface area (Å²) < 4.78 is 0. The van der Waals surface area contributed by atoms with E-state index in [9.17, 15) is 0 Å². The van der Waals surface area contributed by atoms with Crippen LogP contribution in [0.1, 0.15) is 40.0 Å². The van der Waals surface area contributed by atoms with Crippen LogP contribution in [0, 0.1) is 0 Å². The number of nitrogens with one attached hydrogen (secondary N) is 1. The summed E-state index contributed by atoms with van der Waals surface area (Å²) in [5.74, 6) is 1.32. The Labute approximate surface area is 106 Å². The Morgan fingerprint density at radius 2 is 2.06 bits per heavy atom. The van der Waals surface area contributed by atoms with Gasteiger partial charge in [-0.2, -0.15) is 11.8 Å². The second-order valence-electron chi connectivity index (χ2n) is 4.67. The van der Waals surface area contributed by atoms with Gasteiger partial charge < -0.3 is 10.2 Å². The van der Waals surface area contributed by atoms with Gasteiger partial charge in [-0.15, -0.1) is 0 Å². The lowest BCUT2D eigenvalue weighted by atomic mass is 10.2. The van der Waals surface area contributed by atoms with Crippen molar-refractivity contribution >= 4 is 11.8 Å². The zero-order chi connectivity index (χ0) is 11.8. The molecule has 0 radical (unpaired) electrons. The van der Waals surface area contributed by atoms with Crippen molar-refractivity contribution in [3.8, 4) is 0 Å². The predicted octanol–water partition coefficient (Wildman–Crippen LogP) is 2.59. The first-order chi connectivity index (χ1) is 7.80. The van der Waals surface area contributed by atoms with Crippen LogP contribution in [0.5, 0.6) is 0 Å². The summed E-state index contributed by atoms with van der Waals surface area (Å²) in [6.07, 6.45) is 3.83. The molecule has 0 aromatic rings. The predicted molar refractivity (Wildman–Crippen MR) is 75.3 cm³/mol. The highest BCUT2D eigenvalue weighted by Gasteiger charge is 2.18. The highest BCUT2D eigenvalue weighted by Crippen LogP contribution is 2.20. The molecule has 1 aliphatic heterocycles. The zero-order valence-electron chi connectivity index (χ0n) is 11.2. The molecule has 0 aromatic carbocycles. The van der Waals surface area contributed by atoms with Gasteiger partial charge >= 0.3 is 0 Å². The average molecular weight is 244 g/mol. The minimum atomic E-state index is 0.723. The molecule has 2 nitrogen and oxygen atoms in total. The van der Waals surface area contributed by atoms with E-state index in [-0.39, 0.29) is 0 Å². The van der Waals surface area contributed by atoms with Crippen LogP contribution >= 0.6 is 11.8 Å². The van der Waals surface area contributed by atoms with Gasteiger partial charge in [0.15, 0.2) is 0 Å². The normalized spacial score (nSPS) is 22.9. The molecule has 0 bridgehead atoms. The van der Waals surface area contributed by atoms with E-state index in [0.717, 1.165) is 17.8 Å². The number of hydrogen-bond donors (Lipinski definition) is 1. The topological polar surface area (TPSA) is 15.3 Å². The first-order valence-corrected chi connectivity index (χ1v) is 7.92. The van der Waals surface area contributed by atoms with Crippen LogP contribution < -0.4 is 5.32 Å². The summed E-state index contributed by atoms with van der Waals surface area (Å²) in [6, 6.07) is 0.723. The van der Waals surface area contributed by atoms with Crippen molar-refractivity contribution in [1.29, 1.82) is 0 Å². The standard InChI is InChI=1S/C13H28N2S/c1-4-12(5-2)14-7-8-15-9-10-16-13(6-3)11-15/h12-14H,4-11H2,1-3H3. The Bertz CT molecular complexity index is 171. The third kappa shape index (κ3) is 5.07. The van der Waals surface area contributed by atoms with Gasteiger partial charge in [0.25, 0.3) is 0 Å². The van der Waals surface area contributed by atoms with Crippen molar-refractivity contribution in [2.45, 2.75) is 51.3 Å². The van der Waals surface area contributed by atoms with E-state index in [1.165, 1.54) is 44.6 Å². The number of rotatable bonds is 7. The highest BCUT2D eigenvalue weighted by molar-refractivity contribution is 8.00. The summed E-state index contributed by atoms with van der Waals surface area (Å²) in [5, 5.41) is 4.53. The molecular weight excluding hydrogens is 216 g/mol. The van der Waals surface area contributed by atoms with Crippen LogP contribution in [0.15, 0.2) is 0 Å². The van der Waals surface area contributed by atoms with Gasteiger partial charge in [0.2, 0.25) is 0 Å². The molecule has 1 atom stereocenters. The molecule has 1 unspecified atom stereocenters. The molecule has 96 valence electrons. The lowest BCUT2D eigenvalue weighted by Crippen LogP contribution is -2.42. The van der Waals surface area contributed by atoms with Crippen molar-refractivity contribution in [2.75, 3.05) is 31.9 Å². The van der Waals surface area contributed by atoms with Crippen LogP contribution in [-0.4, -0.2) is 48.1 Å². The monoisotopic (exact) mass is 244 g/mol. The van der Waals surface area contributed by atoms with Crippen molar-refractivity contribution < 1.29 is 0 Å². The molecule has 0 amide bonds. The fourth-order valence-corrected chi connectivity index (χ4v) is 3.48. The molecule has 3 heteroatoms. The van der Waals surface area contributed by atoms with E-state index < -0.39 is 0 Å². The first-order valence-electron chi connectivity index (χ1n) is 6.87. The van der Waals surface area contributed by atoms with Crippen LogP contribution in [-0.2, 0) is 0 Å². The number of thioether (sulfide) groups is 1. The fraction of sp³-hybridized carbons (Fsp3) is 1.00. The Hall–Kier alpha value is 0.270. The van der Waals surface area contributed by atoms with Gasteiger partial charge in [-0.1, -0.05) is 20.8 Å². The minimum Gasteiger partial charge on any atom is -0.313 e. The van der Waals surface area contributed by atoms with Crippen molar-refractivity contribution in [3.05, 3.63) is 0 Å². The van der Waals surface area contributed by atoms with E-state index in [1.54, 1.807) is 0 Å². The van der Waals surface area contributed by atoms with Crippen molar-refractivity contribution in [3.63, 3.8) is 0 Å². The Kier molecular flexibility index (Phi) is 7.50. The lowest BCUT2D eigenvalue weighted by Gasteiger charge is -2.32. The maximum Gasteiger partial charge on any atom is 0.0172 e. The van der Waals surface area contributed by atoms with Crippen LogP contribution in [0.25, 0.3) is 0 Å². The van der Waals surface area contributed by atoms with Crippen LogP contribution in [0.3, 0.4) is 0 Å². The number of hydrogen-bond acceptors (Lipinski definition) is 3. The molecule has 0 aromatic heterocycles. The SMILES string of the molecule is CCC(CC)NCCN1CCSC(CC)C1. The second kappa shape index (κ2) is 8.37. The molecule has 1 saturated heterocycles. The van der Waals surface area contributed by atoms with E-state index in [0.29, 0.717) is 0 Å². The van der Waals surface area contributed by atoms with Gasteiger partial charge in [0, 0.05) is 43.2 Å². The van der Waals surface area contributed by atoms with E-state index in [2.05, 4.69) is 42.7 Å². The molecule has 1 aliphatic rings. The summed E-state index contributed by atoms with van der Waals surface area (Å²) in [5.41, 5.74) is 0. The Morgan fingerprint density at radius 1 is 1.31 bits per heavy atom. The third-order valence-electron chi connectivity index (χ3n) is 3.52. The fourth-order valence-electron chi connectivity index (χ4n) is 2.23. The van der Waals surface area contributed by atoms with Gasteiger partial charge in [-0.25, -0.2) is 0 Å². The molecular formula is C13H28N2S. The maximum absolute atomic E-state index is 3.65. The van der Waals surface area contributed by atoms with Gasteiger partial charge in [-0.05, 0) is 19.3 Å². The molecule has 1 N–H and O–H groups in total. The molecule has 16 heavy (non-hydrogen) atoms. The molecule has 1 rings (SSSR count). The molecule has 1 heterocycles. The zero-order valence-corrected chi connectivity index (χ0v) is 12.0. The number of nitrogens with zero attached hydrogens (tertiary/aromatic N) is 1. The van der Waals surface area contributed by atoms with E-state index in [4.69, 9.17) is 0 Å². The van der Waals surface area contributed by atoms with Crippen LogP contribution in [0.2, 0.25) is 0 Å². The Balaban J connectivity index is 2.12. The highest BCUT2D eigenvalue weighted by atomic mass is 32.2. The van der Waals surface area contributed by atoms with Gasteiger partial charge in [0.1, 0.15) is 0 Å². The molecule has 0 spiro atoms. The first kappa shape index (κ1) is 14.3. The van der Waals surface area contributed by atoms with Crippen LogP contribution in [0.4, 0.5) is 0 Å². The second-order valence-corrected chi connectivity index (χ2v) is 6.08. The van der Waals surface area contributed by atoms with Gasteiger partial charge in [0.05, 0.1) is 0 Å². The summed E-state index contributed by atoms with van der Waals surface area (Å²) >= 11 is 2.15. The smallest absolute Gasteiger partial charge is 0.0172 e. The molecule has 0 saturated carbocycles. The van der Waals surface area contributed by atoms with Crippen molar-refractivity contribution in [2.24, 2.45) is 0 Å². The van der Waals surface area contributed by atoms with E-state index >= 15 is 0 Å². The molecule has 0 aliphatic carbocycles. The molecule has 1 fully saturated rings. The summed E-state index contributed by atoms with van der Waals surface area (Å²) in [7, 11) is 0. The Morgan fingerprint density at radius 3 is 2.69 bits per heavy atom. The lowest BCUT2D eigenvalue weighted by molar-refractivity contribution is 0.274. The quantitative estimate of drug-likeness (QED) is 0.741. The average Bonchev–Trinajstić information content (AvgIpc) is 2.35. The summed E-state index contributed by atoms with van der Waals surface area (Å²) in [4.78, 5) is 2.63.